The van der Waals surface area contributed by atoms with Gasteiger partial charge in [-0.05, 0) is 34.8 Å². The Balaban J connectivity index is 2.19. The minimum Gasteiger partial charge on any atom is -0.468 e. The quantitative estimate of drug-likeness (QED) is 0.698. The molecule has 72 valence electrons. The molecule has 2 atom stereocenters. The summed E-state index contributed by atoms with van der Waals surface area (Å²) in [6.45, 7) is 0. The van der Waals surface area contributed by atoms with Gasteiger partial charge in [-0.1, -0.05) is 28.8 Å². The van der Waals surface area contributed by atoms with Crippen molar-refractivity contribution in [2.75, 3.05) is 0 Å². The molecule has 1 aliphatic carbocycles. The first kappa shape index (κ1) is 9.78. The monoisotopic (exact) mass is 306 g/mol. The molecule has 0 radical (unpaired) electrons. The topological polar surface area (TPSA) is 13.1 Å². The molecule has 1 heterocycles. The highest BCUT2D eigenvalue weighted by molar-refractivity contribution is 9.10. The SMILES string of the molecule is Brc1ccoc1C1CCCCC1Br. The van der Waals surface area contributed by atoms with E-state index in [0.717, 1.165) is 10.2 Å². The summed E-state index contributed by atoms with van der Waals surface area (Å²) < 4.78 is 6.61. The summed E-state index contributed by atoms with van der Waals surface area (Å²) in [5.41, 5.74) is 0. The molecule has 3 heteroatoms. The minimum atomic E-state index is 0.554. The van der Waals surface area contributed by atoms with Crippen molar-refractivity contribution in [2.24, 2.45) is 0 Å². The van der Waals surface area contributed by atoms with E-state index < -0.39 is 0 Å². The average Bonchev–Trinajstić information content (AvgIpc) is 2.52. The summed E-state index contributed by atoms with van der Waals surface area (Å²) >= 11 is 7.24. The second-order valence-corrected chi connectivity index (χ2v) is 5.57. The molecule has 2 unspecified atom stereocenters. The Morgan fingerprint density at radius 2 is 2.08 bits per heavy atom. The molecule has 13 heavy (non-hydrogen) atoms. The van der Waals surface area contributed by atoms with Gasteiger partial charge in [0.1, 0.15) is 5.76 Å². The zero-order chi connectivity index (χ0) is 9.26. The molecule has 1 aromatic rings. The first-order valence-electron chi connectivity index (χ1n) is 4.66. The molecule has 0 bridgehead atoms. The molecule has 1 aromatic heterocycles. The molecule has 0 saturated heterocycles. The van der Waals surface area contributed by atoms with E-state index in [9.17, 15) is 0 Å². The van der Waals surface area contributed by atoms with Crippen LogP contribution in [-0.4, -0.2) is 4.83 Å². The zero-order valence-electron chi connectivity index (χ0n) is 7.30. The van der Waals surface area contributed by atoms with Crippen LogP contribution in [0.3, 0.4) is 0 Å². The Morgan fingerprint density at radius 3 is 2.69 bits per heavy atom. The third kappa shape index (κ3) is 2.01. The van der Waals surface area contributed by atoms with Crippen LogP contribution in [0, 0.1) is 0 Å². The second kappa shape index (κ2) is 4.18. The minimum absolute atomic E-state index is 0.554. The summed E-state index contributed by atoms with van der Waals surface area (Å²) in [5.74, 6) is 1.67. The van der Waals surface area contributed by atoms with E-state index >= 15 is 0 Å². The van der Waals surface area contributed by atoms with E-state index in [-0.39, 0.29) is 0 Å². The van der Waals surface area contributed by atoms with Gasteiger partial charge >= 0.3 is 0 Å². The Morgan fingerprint density at radius 1 is 1.31 bits per heavy atom. The van der Waals surface area contributed by atoms with Gasteiger partial charge < -0.3 is 4.42 Å². The van der Waals surface area contributed by atoms with Crippen LogP contribution in [0.2, 0.25) is 0 Å². The molecule has 1 nitrogen and oxygen atoms in total. The number of hydrogen-bond donors (Lipinski definition) is 0. The van der Waals surface area contributed by atoms with Crippen molar-refractivity contribution in [2.45, 2.75) is 36.4 Å². The Kier molecular flexibility index (Phi) is 3.14. The van der Waals surface area contributed by atoms with E-state index in [1.807, 2.05) is 6.07 Å². The zero-order valence-corrected chi connectivity index (χ0v) is 10.5. The number of furan rings is 1. The number of rotatable bonds is 1. The molecule has 1 saturated carbocycles. The Bertz CT molecular complexity index is 282. The van der Waals surface area contributed by atoms with Gasteiger partial charge in [0.15, 0.2) is 0 Å². The van der Waals surface area contributed by atoms with Gasteiger partial charge in [0.2, 0.25) is 0 Å². The molecule has 1 fully saturated rings. The van der Waals surface area contributed by atoms with Gasteiger partial charge in [0.05, 0.1) is 10.7 Å². The van der Waals surface area contributed by atoms with Crippen molar-refractivity contribution < 1.29 is 4.42 Å². The third-order valence-corrected chi connectivity index (χ3v) is 4.41. The van der Waals surface area contributed by atoms with Crippen LogP contribution >= 0.6 is 31.9 Å². The van der Waals surface area contributed by atoms with Crippen LogP contribution < -0.4 is 0 Å². The Labute approximate surface area is 95.1 Å². The standard InChI is InChI=1S/C10H12Br2O/c11-8-4-2-1-3-7(8)10-9(12)5-6-13-10/h5-8H,1-4H2. The lowest BCUT2D eigenvalue weighted by molar-refractivity contribution is 0.384. The fourth-order valence-corrected chi connectivity index (χ4v) is 3.27. The van der Waals surface area contributed by atoms with Crippen LogP contribution in [0.5, 0.6) is 0 Å². The van der Waals surface area contributed by atoms with Gasteiger partial charge in [-0.25, -0.2) is 0 Å². The van der Waals surface area contributed by atoms with E-state index in [1.165, 1.54) is 25.7 Å². The number of hydrogen-bond acceptors (Lipinski definition) is 1. The fourth-order valence-electron chi connectivity index (χ4n) is 1.95. The molecule has 0 N–H and O–H groups in total. The number of halogens is 2. The lowest BCUT2D eigenvalue weighted by Gasteiger charge is -2.25. The average molecular weight is 308 g/mol. The highest BCUT2D eigenvalue weighted by Crippen LogP contribution is 2.40. The van der Waals surface area contributed by atoms with E-state index in [4.69, 9.17) is 4.42 Å². The van der Waals surface area contributed by atoms with Crippen LogP contribution in [0.15, 0.2) is 21.2 Å². The lowest BCUT2D eigenvalue weighted by atomic mass is 9.87. The summed E-state index contributed by atoms with van der Waals surface area (Å²) in [6.07, 6.45) is 6.91. The van der Waals surface area contributed by atoms with Gasteiger partial charge in [0.25, 0.3) is 0 Å². The van der Waals surface area contributed by atoms with Gasteiger partial charge in [-0.15, -0.1) is 0 Å². The van der Waals surface area contributed by atoms with E-state index in [1.54, 1.807) is 6.26 Å². The number of alkyl halides is 1. The smallest absolute Gasteiger partial charge is 0.122 e. The predicted molar refractivity (Wildman–Crippen MR) is 60.3 cm³/mol. The summed E-state index contributed by atoms with van der Waals surface area (Å²) in [7, 11) is 0. The predicted octanol–water partition coefficient (Wildman–Crippen LogP) is 4.46. The molecule has 1 aliphatic rings. The van der Waals surface area contributed by atoms with E-state index in [0.29, 0.717) is 10.7 Å². The van der Waals surface area contributed by atoms with Crippen molar-refractivity contribution in [3.63, 3.8) is 0 Å². The maximum atomic E-state index is 5.50. The molecule has 0 spiro atoms. The molecular formula is C10H12Br2O. The third-order valence-electron chi connectivity index (χ3n) is 2.66. The van der Waals surface area contributed by atoms with Crippen LogP contribution in [0.25, 0.3) is 0 Å². The van der Waals surface area contributed by atoms with E-state index in [2.05, 4.69) is 31.9 Å². The normalized spacial score (nSPS) is 29.1. The van der Waals surface area contributed by atoms with Crippen LogP contribution in [-0.2, 0) is 0 Å². The first-order chi connectivity index (χ1) is 6.29. The second-order valence-electron chi connectivity index (χ2n) is 3.54. The van der Waals surface area contributed by atoms with Gasteiger partial charge in [-0.2, -0.15) is 0 Å². The summed E-state index contributed by atoms with van der Waals surface area (Å²) in [6, 6.07) is 1.98. The van der Waals surface area contributed by atoms with Crippen molar-refractivity contribution >= 4 is 31.9 Å². The van der Waals surface area contributed by atoms with Crippen LogP contribution in [0.4, 0.5) is 0 Å². The molecule has 0 amide bonds. The highest BCUT2D eigenvalue weighted by atomic mass is 79.9. The fraction of sp³-hybridized carbons (Fsp3) is 0.600. The molecule has 2 rings (SSSR count). The van der Waals surface area contributed by atoms with Crippen molar-refractivity contribution in [3.05, 3.63) is 22.6 Å². The molecule has 0 aromatic carbocycles. The molecular weight excluding hydrogens is 296 g/mol. The molecule has 0 aliphatic heterocycles. The van der Waals surface area contributed by atoms with Gasteiger partial charge in [0, 0.05) is 10.7 Å². The largest absolute Gasteiger partial charge is 0.468 e. The van der Waals surface area contributed by atoms with Crippen molar-refractivity contribution in [1.29, 1.82) is 0 Å². The van der Waals surface area contributed by atoms with Crippen molar-refractivity contribution in [3.8, 4) is 0 Å². The van der Waals surface area contributed by atoms with Crippen molar-refractivity contribution in [1.82, 2.24) is 0 Å². The Hall–Kier alpha value is 0.240. The lowest BCUT2D eigenvalue weighted by Crippen LogP contribution is -2.16. The highest BCUT2D eigenvalue weighted by Gasteiger charge is 2.27. The summed E-state index contributed by atoms with van der Waals surface area (Å²) in [4.78, 5) is 0.587. The maximum Gasteiger partial charge on any atom is 0.122 e. The maximum absolute atomic E-state index is 5.50. The van der Waals surface area contributed by atoms with Gasteiger partial charge in [-0.3, -0.25) is 0 Å². The van der Waals surface area contributed by atoms with Crippen LogP contribution in [0.1, 0.15) is 37.4 Å². The summed E-state index contributed by atoms with van der Waals surface area (Å²) in [5, 5.41) is 0. The first-order valence-corrected chi connectivity index (χ1v) is 6.37.